The summed E-state index contributed by atoms with van der Waals surface area (Å²) in [5.74, 6) is 1.58. The SMILES string of the molecule is CCC(C)n1cc2c3c(cccc31)[C@H]1C[C@@H](C(=O)NC3CCC(C)C3)CN(C)[C@@H]1C2. The second kappa shape index (κ2) is 7.71. The molecule has 0 spiro atoms. The minimum Gasteiger partial charge on any atom is -0.353 e. The van der Waals surface area contributed by atoms with Gasteiger partial charge in [0.25, 0.3) is 0 Å². The first-order valence-corrected chi connectivity index (χ1v) is 12.1. The van der Waals surface area contributed by atoms with Crippen molar-refractivity contribution in [2.75, 3.05) is 13.6 Å². The highest BCUT2D eigenvalue weighted by Gasteiger charge is 2.42. The quantitative estimate of drug-likeness (QED) is 0.784. The van der Waals surface area contributed by atoms with Crippen molar-refractivity contribution in [3.8, 4) is 0 Å². The zero-order valence-corrected chi connectivity index (χ0v) is 19.0. The summed E-state index contributed by atoms with van der Waals surface area (Å²) < 4.78 is 2.48. The van der Waals surface area contributed by atoms with Crippen LogP contribution in [0, 0.1) is 11.8 Å². The van der Waals surface area contributed by atoms with Gasteiger partial charge in [-0.15, -0.1) is 0 Å². The number of nitrogens with one attached hydrogen (secondary N) is 1. The molecule has 1 aromatic carbocycles. The largest absolute Gasteiger partial charge is 0.353 e. The van der Waals surface area contributed by atoms with Crippen LogP contribution in [0.2, 0.25) is 0 Å². The van der Waals surface area contributed by atoms with E-state index in [0.717, 1.165) is 44.6 Å². The monoisotopic (exact) mass is 407 g/mol. The first kappa shape index (κ1) is 20.1. The molecule has 2 heterocycles. The van der Waals surface area contributed by atoms with Crippen molar-refractivity contribution in [1.82, 2.24) is 14.8 Å². The van der Waals surface area contributed by atoms with E-state index in [4.69, 9.17) is 0 Å². The van der Waals surface area contributed by atoms with Crippen molar-refractivity contribution in [2.24, 2.45) is 11.8 Å². The predicted molar refractivity (Wildman–Crippen MR) is 123 cm³/mol. The number of amides is 1. The maximum atomic E-state index is 13.2. The van der Waals surface area contributed by atoms with Crippen LogP contribution >= 0.6 is 0 Å². The first-order chi connectivity index (χ1) is 14.5. The van der Waals surface area contributed by atoms with Crippen LogP contribution in [-0.4, -0.2) is 41.1 Å². The lowest BCUT2D eigenvalue weighted by molar-refractivity contribution is -0.128. The molecule has 4 heteroatoms. The number of likely N-dealkylation sites (tertiary alicyclic amines) is 1. The van der Waals surface area contributed by atoms with Gasteiger partial charge in [-0.25, -0.2) is 0 Å². The summed E-state index contributed by atoms with van der Waals surface area (Å²) in [7, 11) is 2.23. The van der Waals surface area contributed by atoms with Crippen LogP contribution in [0.5, 0.6) is 0 Å². The molecule has 3 aliphatic rings. The molecule has 162 valence electrons. The minimum absolute atomic E-state index is 0.0978. The fourth-order valence-corrected chi connectivity index (χ4v) is 6.48. The highest BCUT2D eigenvalue weighted by molar-refractivity contribution is 5.89. The standard InChI is InChI=1S/C26H37N3O/c1-5-17(3)29-15-18-13-24-22(21-7-6-8-23(29)25(18)21)12-19(14-28(24)4)26(30)27-20-10-9-16(2)11-20/h6-8,15-17,19-20,22,24H,5,9-14H2,1-4H3,(H,27,30)/t16?,17?,19-,20?,22-,24-/m1/s1. The third-order valence-electron chi connectivity index (χ3n) is 8.35. The van der Waals surface area contributed by atoms with E-state index in [0.29, 0.717) is 24.0 Å². The summed E-state index contributed by atoms with van der Waals surface area (Å²) in [6, 6.07) is 8.25. The van der Waals surface area contributed by atoms with Gasteiger partial charge in [-0.05, 0) is 75.6 Å². The smallest absolute Gasteiger partial charge is 0.224 e. The molecule has 1 saturated carbocycles. The molecule has 5 rings (SSSR count). The van der Waals surface area contributed by atoms with Gasteiger partial charge < -0.3 is 14.8 Å². The zero-order chi connectivity index (χ0) is 21.0. The van der Waals surface area contributed by atoms with Crippen LogP contribution in [0.4, 0.5) is 0 Å². The second-order valence-corrected chi connectivity index (χ2v) is 10.4. The average molecular weight is 408 g/mol. The number of piperidine rings is 1. The Kier molecular flexibility index (Phi) is 5.17. The van der Waals surface area contributed by atoms with Crippen LogP contribution in [0.3, 0.4) is 0 Å². The minimum atomic E-state index is 0.0978. The number of nitrogens with zero attached hydrogens (tertiary/aromatic N) is 2. The van der Waals surface area contributed by atoms with E-state index in [2.05, 4.69) is 67.0 Å². The van der Waals surface area contributed by atoms with E-state index in [1.54, 1.807) is 0 Å². The third kappa shape index (κ3) is 3.28. The van der Waals surface area contributed by atoms with Gasteiger partial charge in [0.05, 0.1) is 5.92 Å². The van der Waals surface area contributed by atoms with E-state index in [9.17, 15) is 4.79 Å². The molecular formula is C26H37N3O. The van der Waals surface area contributed by atoms with Gasteiger partial charge >= 0.3 is 0 Å². The lowest BCUT2D eigenvalue weighted by atomic mass is 9.72. The fourth-order valence-electron chi connectivity index (χ4n) is 6.48. The van der Waals surface area contributed by atoms with E-state index in [-0.39, 0.29) is 11.8 Å². The molecule has 6 atom stereocenters. The summed E-state index contributed by atoms with van der Waals surface area (Å²) in [6.45, 7) is 7.77. The third-order valence-corrected chi connectivity index (χ3v) is 8.35. The second-order valence-electron chi connectivity index (χ2n) is 10.4. The lowest BCUT2D eigenvalue weighted by Crippen LogP contribution is -2.52. The summed E-state index contributed by atoms with van der Waals surface area (Å²) >= 11 is 0. The number of benzene rings is 1. The van der Waals surface area contributed by atoms with E-state index >= 15 is 0 Å². The lowest BCUT2D eigenvalue weighted by Gasteiger charge is -2.45. The fraction of sp³-hybridized carbons (Fsp3) is 0.654. The molecule has 30 heavy (non-hydrogen) atoms. The molecule has 0 bridgehead atoms. The van der Waals surface area contributed by atoms with E-state index in [1.165, 1.54) is 28.5 Å². The number of rotatable bonds is 4. The zero-order valence-electron chi connectivity index (χ0n) is 19.0. The Morgan fingerprint density at radius 2 is 2.10 bits per heavy atom. The average Bonchev–Trinajstić information content (AvgIpc) is 3.32. The van der Waals surface area contributed by atoms with Gasteiger partial charge in [0.15, 0.2) is 0 Å². The molecule has 1 aromatic heterocycles. The van der Waals surface area contributed by atoms with Crippen molar-refractivity contribution < 1.29 is 4.79 Å². The molecule has 1 aliphatic heterocycles. The molecule has 2 aromatic rings. The molecule has 0 radical (unpaired) electrons. The van der Waals surface area contributed by atoms with Gasteiger partial charge in [0.2, 0.25) is 5.91 Å². The molecule has 1 saturated heterocycles. The maximum Gasteiger partial charge on any atom is 0.224 e. The van der Waals surface area contributed by atoms with E-state index < -0.39 is 0 Å². The van der Waals surface area contributed by atoms with Gasteiger partial charge in [0, 0.05) is 47.7 Å². The summed E-state index contributed by atoms with van der Waals surface area (Å²) in [5.41, 5.74) is 4.35. The molecule has 3 unspecified atom stereocenters. The van der Waals surface area contributed by atoms with E-state index in [1.807, 2.05) is 0 Å². The molecule has 4 nitrogen and oxygen atoms in total. The predicted octanol–water partition coefficient (Wildman–Crippen LogP) is 4.88. The summed E-state index contributed by atoms with van der Waals surface area (Å²) in [5, 5.41) is 4.87. The number of fused-ring (bicyclic) bond motifs is 2. The number of hydrogen-bond acceptors (Lipinski definition) is 2. The highest BCUT2D eigenvalue weighted by Crippen LogP contribution is 2.45. The van der Waals surface area contributed by atoms with Crippen LogP contribution in [0.1, 0.15) is 76.0 Å². The number of carbonyl (C=O) groups is 1. The number of hydrogen-bond donors (Lipinski definition) is 1. The highest BCUT2D eigenvalue weighted by atomic mass is 16.2. The van der Waals surface area contributed by atoms with Gasteiger partial charge in [-0.2, -0.15) is 0 Å². The normalized spacial score (nSPS) is 32.2. The number of likely N-dealkylation sites (N-methyl/N-ethyl adjacent to an activating group) is 1. The summed E-state index contributed by atoms with van der Waals surface area (Å²) in [4.78, 5) is 15.6. The Morgan fingerprint density at radius 3 is 2.83 bits per heavy atom. The van der Waals surface area contributed by atoms with Crippen molar-refractivity contribution in [1.29, 1.82) is 0 Å². The van der Waals surface area contributed by atoms with Crippen LogP contribution in [-0.2, 0) is 11.2 Å². The van der Waals surface area contributed by atoms with Crippen LogP contribution < -0.4 is 5.32 Å². The molecular weight excluding hydrogens is 370 g/mol. The van der Waals surface area contributed by atoms with Crippen LogP contribution in [0.15, 0.2) is 24.4 Å². The molecule has 2 aliphatic carbocycles. The Hall–Kier alpha value is -1.81. The van der Waals surface area contributed by atoms with Gasteiger partial charge in [-0.1, -0.05) is 26.0 Å². The first-order valence-electron chi connectivity index (χ1n) is 12.1. The van der Waals surface area contributed by atoms with Crippen molar-refractivity contribution >= 4 is 16.8 Å². The Bertz CT molecular complexity index is 947. The maximum absolute atomic E-state index is 13.2. The Labute approximate surface area is 181 Å². The number of aromatic nitrogens is 1. The molecule has 1 amide bonds. The van der Waals surface area contributed by atoms with Gasteiger partial charge in [0.1, 0.15) is 0 Å². The summed E-state index contributed by atoms with van der Waals surface area (Å²) in [6.07, 6.45) is 9.18. The Balaban J connectivity index is 1.43. The van der Waals surface area contributed by atoms with Gasteiger partial charge in [-0.3, -0.25) is 4.79 Å². The van der Waals surface area contributed by atoms with Crippen molar-refractivity contribution in [2.45, 2.75) is 83.3 Å². The van der Waals surface area contributed by atoms with Crippen LogP contribution in [0.25, 0.3) is 10.9 Å². The number of carbonyl (C=O) groups excluding carboxylic acids is 1. The van der Waals surface area contributed by atoms with Crippen molar-refractivity contribution in [3.05, 3.63) is 35.5 Å². The molecule has 1 N–H and O–H groups in total. The Morgan fingerprint density at radius 1 is 1.27 bits per heavy atom. The topological polar surface area (TPSA) is 37.3 Å². The van der Waals surface area contributed by atoms with Crippen molar-refractivity contribution in [3.63, 3.8) is 0 Å². The molecule has 2 fully saturated rings.